The van der Waals surface area contributed by atoms with Gasteiger partial charge in [0.15, 0.2) is 5.65 Å². The van der Waals surface area contributed by atoms with Crippen LogP contribution >= 0.6 is 0 Å². The summed E-state index contributed by atoms with van der Waals surface area (Å²) in [6.45, 7) is 6.95. The van der Waals surface area contributed by atoms with Crippen molar-refractivity contribution in [2.45, 2.75) is 19.8 Å². The first-order valence-electron chi connectivity index (χ1n) is 10.6. The van der Waals surface area contributed by atoms with Gasteiger partial charge >= 0.3 is 0 Å². The van der Waals surface area contributed by atoms with Crippen molar-refractivity contribution in [3.05, 3.63) is 71.6 Å². The number of aromatic nitrogens is 5. The van der Waals surface area contributed by atoms with Gasteiger partial charge < -0.3 is 15.0 Å². The number of rotatable bonds is 5. The van der Waals surface area contributed by atoms with E-state index < -0.39 is 0 Å². The predicted octanol–water partition coefficient (Wildman–Crippen LogP) is 3.70. The highest BCUT2D eigenvalue weighted by atomic mass is 19.1. The van der Waals surface area contributed by atoms with Crippen molar-refractivity contribution in [1.29, 1.82) is 0 Å². The third-order valence-electron chi connectivity index (χ3n) is 5.75. The fourth-order valence-corrected chi connectivity index (χ4v) is 4.13. The Bertz CT molecular complexity index is 1220. The Kier molecular flexibility index (Phi) is 5.40. The van der Waals surface area contributed by atoms with E-state index in [1.54, 1.807) is 18.6 Å². The van der Waals surface area contributed by atoms with Crippen molar-refractivity contribution >= 4 is 23.1 Å². The van der Waals surface area contributed by atoms with Crippen LogP contribution in [0.2, 0.25) is 0 Å². The van der Waals surface area contributed by atoms with E-state index in [1.165, 1.54) is 12.1 Å². The maximum absolute atomic E-state index is 13.5. The number of hydrogen-bond donors (Lipinski definition) is 1. The van der Waals surface area contributed by atoms with Crippen LogP contribution in [0.25, 0.3) is 5.65 Å². The minimum Gasteiger partial charge on any atom is -0.378 e. The third-order valence-corrected chi connectivity index (χ3v) is 5.75. The van der Waals surface area contributed by atoms with Crippen molar-refractivity contribution in [3.63, 3.8) is 0 Å². The first-order valence-corrected chi connectivity index (χ1v) is 10.6. The second kappa shape index (κ2) is 8.51. The zero-order valence-electron chi connectivity index (χ0n) is 18.0. The van der Waals surface area contributed by atoms with Gasteiger partial charge in [-0.1, -0.05) is 19.1 Å². The molecule has 5 rings (SSSR count). The van der Waals surface area contributed by atoms with Crippen molar-refractivity contribution in [2.75, 3.05) is 36.5 Å². The predicted molar refractivity (Wildman–Crippen MR) is 120 cm³/mol. The molecule has 1 aromatic carbocycles. The van der Waals surface area contributed by atoms with Gasteiger partial charge in [0.05, 0.1) is 25.1 Å². The summed E-state index contributed by atoms with van der Waals surface area (Å²) < 4.78 is 20.9. The lowest BCUT2D eigenvalue weighted by atomic mass is 9.93. The summed E-state index contributed by atoms with van der Waals surface area (Å²) in [6, 6.07) is 8.58. The number of aryl methyl sites for hydroxylation is 1. The van der Waals surface area contributed by atoms with Crippen LogP contribution in [0.4, 0.5) is 21.8 Å². The smallest absolute Gasteiger partial charge is 0.163 e. The molecule has 32 heavy (non-hydrogen) atoms. The molecule has 3 aromatic heterocycles. The molecule has 1 saturated heterocycles. The Hall–Kier alpha value is -3.59. The van der Waals surface area contributed by atoms with Crippen LogP contribution in [-0.4, -0.2) is 50.9 Å². The molecule has 1 aliphatic rings. The number of ether oxygens (including phenoxy) is 1. The molecule has 8 nitrogen and oxygen atoms in total. The van der Waals surface area contributed by atoms with E-state index in [9.17, 15) is 4.39 Å². The lowest BCUT2D eigenvalue weighted by Crippen LogP contribution is -2.37. The first-order chi connectivity index (χ1) is 15.6. The van der Waals surface area contributed by atoms with E-state index in [4.69, 9.17) is 14.8 Å². The number of nitrogens with zero attached hydrogens (tertiary/aromatic N) is 6. The summed E-state index contributed by atoms with van der Waals surface area (Å²) in [4.78, 5) is 15.6. The maximum Gasteiger partial charge on any atom is 0.163 e. The van der Waals surface area contributed by atoms with Crippen molar-refractivity contribution in [2.24, 2.45) is 0 Å². The molecule has 0 aliphatic carbocycles. The molecule has 1 N–H and O–H groups in total. The fraction of sp³-hybridized carbons (Fsp3) is 0.304. The molecule has 4 heterocycles. The SMILES string of the molecule is Cc1nn2c(N3CCOCC3)cc(Nc3cnccn3)nc2c1[C@@H](C)c1ccc(F)cc1. The largest absolute Gasteiger partial charge is 0.378 e. The van der Waals surface area contributed by atoms with Gasteiger partial charge in [-0.05, 0) is 24.6 Å². The molecular formula is C23H24FN7O. The molecule has 164 valence electrons. The molecule has 0 amide bonds. The topological polar surface area (TPSA) is 80.5 Å². The molecule has 0 unspecified atom stereocenters. The van der Waals surface area contributed by atoms with Crippen LogP contribution in [0.15, 0.2) is 48.9 Å². The van der Waals surface area contributed by atoms with E-state index in [2.05, 4.69) is 27.1 Å². The van der Waals surface area contributed by atoms with Gasteiger partial charge in [-0.25, -0.2) is 14.4 Å². The second-order valence-electron chi connectivity index (χ2n) is 7.82. The van der Waals surface area contributed by atoms with E-state index >= 15 is 0 Å². The summed E-state index contributed by atoms with van der Waals surface area (Å²) in [6.07, 6.45) is 4.92. The molecule has 1 fully saturated rings. The highest BCUT2D eigenvalue weighted by molar-refractivity contribution is 5.66. The van der Waals surface area contributed by atoms with Gasteiger partial charge in [0.25, 0.3) is 0 Å². The van der Waals surface area contributed by atoms with E-state index in [-0.39, 0.29) is 11.7 Å². The minimum atomic E-state index is -0.249. The van der Waals surface area contributed by atoms with E-state index in [0.29, 0.717) is 24.8 Å². The van der Waals surface area contributed by atoms with Gasteiger partial charge in [0, 0.05) is 43.0 Å². The Morgan fingerprint density at radius 1 is 1.09 bits per heavy atom. The molecule has 0 spiro atoms. The molecular weight excluding hydrogens is 409 g/mol. The van der Waals surface area contributed by atoms with E-state index in [1.807, 2.05) is 29.6 Å². The summed E-state index contributed by atoms with van der Waals surface area (Å²) >= 11 is 0. The number of nitrogens with one attached hydrogen (secondary N) is 1. The van der Waals surface area contributed by atoms with Gasteiger partial charge in [-0.15, -0.1) is 0 Å². The Balaban J connectivity index is 1.65. The Morgan fingerprint density at radius 3 is 2.59 bits per heavy atom. The van der Waals surface area contributed by atoms with Gasteiger partial charge in [-0.3, -0.25) is 4.98 Å². The summed E-state index contributed by atoms with van der Waals surface area (Å²) in [5, 5.41) is 8.11. The van der Waals surface area contributed by atoms with Gasteiger partial charge in [-0.2, -0.15) is 9.61 Å². The van der Waals surface area contributed by atoms with Crippen LogP contribution in [0, 0.1) is 12.7 Å². The monoisotopic (exact) mass is 433 g/mol. The van der Waals surface area contributed by atoms with Crippen LogP contribution < -0.4 is 10.2 Å². The second-order valence-corrected chi connectivity index (χ2v) is 7.82. The van der Waals surface area contributed by atoms with Gasteiger partial charge in [0.2, 0.25) is 0 Å². The molecule has 4 aromatic rings. The zero-order chi connectivity index (χ0) is 22.1. The Labute approximate surface area is 185 Å². The van der Waals surface area contributed by atoms with Crippen LogP contribution in [0.5, 0.6) is 0 Å². The normalized spacial score (nSPS) is 15.2. The number of fused-ring (bicyclic) bond motifs is 1. The van der Waals surface area contributed by atoms with Crippen molar-refractivity contribution in [1.82, 2.24) is 24.6 Å². The summed E-state index contributed by atoms with van der Waals surface area (Å²) in [7, 11) is 0. The average molecular weight is 433 g/mol. The van der Waals surface area contributed by atoms with Crippen LogP contribution in [0.1, 0.15) is 29.7 Å². The third kappa shape index (κ3) is 3.87. The first kappa shape index (κ1) is 20.3. The van der Waals surface area contributed by atoms with Crippen molar-refractivity contribution < 1.29 is 9.13 Å². The minimum absolute atomic E-state index is 0.00935. The lowest BCUT2D eigenvalue weighted by molar-refractivity contribution is 0.122. The van der Waals surface area contributed by atoms with Crippen molar-refractivity contribution in [3.8, 4) is 0 Å². The zero-order valence-corrected chi connectivity index (χ0v) is 18.0. The molecule has 1 atom stereocenters. The molecule has 1 aliphatic heterocycles. The standard InChI is InChI=1S/C23H24FN7O/c1-15(17-3-5-18(24)6-4-17)22-16(2)29-31-21(30-9-11-32-12-10-30)13-19(28-23(22)31)27-20-14-25-7-8-26-20/h3-8,13-15H,9-12H2,1-2H3,(H,26,27,28)/t15-/m0/s1. The highest BCUT2D eigenvalue weighted by Crippen LogP contribution is 2.33. The molecule has 0 saturated carbocycles. The number of morpholine rings is 1. The summed E-state index contributed by atoms with van der Waals surface area (Å²) in [5.74, 6) is 1.95. The average Bonchev–Trinajstić information content (AvgIpc) is 3.15. The quantitative estimate of drug-likeness (QED) is 0.514. The van der Waals surface area contributed by atoms with E-state index in [0.717, 1.165) is 41.4 Å². The molecule has 0 bridgehead atoms. The van der Waals surface area contributed by atoms with Crippen LogP contribution in [0.3, 0.4) is 0 Å². The fourth-order valence-electron chi connectivity index (χ4n) is 4.13. The maximum atomic E-state index is 13.5. The number of halogens is 1. The summed E-state index contributed by atoms with van der Waals surface area (Å²) in [5.41, 5.74) is 3.66. The number of benzene rings is 1. The van der Waals surface area contributed by atoms with Crippen LogP contribution in [-0.2, 0) is 4.74 Å². The highest BCUT2D eigenvalue weighted by Gasteiger charge is 2.24. The lowest BCUT2D eigenvalue weighted by Gasteiger charge is -2.29. The number of anilines is 3. The number of hydrogen-bond acceptors (Lipinski definition) is 7. The molecule has 0 radical (unpaired) electrons. The molecule has 9 heteroatoms. The Morgan fingerprint density at radius 2 is 1.88 bits per heavy atom. The van der Waals surface area contributed by atoms with Gasteiger partial charge in [0.1, 0.15) is 23.3 Å².